The van der Waals surface area contributed by atoms with Crippen LogP contribution in [-0.2, 0) is 6.61 Å². The lowest BCUT2D eigenvalue weighted by Crippen LogP contribution is -1.98. The summed E-state index contributed by atoms with van der Waals surface area (Å²) in [6.45, 7) is 0.101. The Morgan fingerprint density at radius 3 is 2.63 bits per heavy atom. The SMILES string of the molecule is N#Cc1ccc(OCc2cccc(F)c2Br)cc1F. The molecule has 19 heavy (non-hydrogen) atoms. The van der Waals surface area contributed by atoms with Gasteiger partial charge in [-0.3, -0.25) is 0 Å². The van der Waals surface area contributed by atoms with E-state index in [0.29, 0.717) is 10.0 Å². The zero-order valence-electron chi connectivity index (χ0n) is 9.66. The summed E-state index contributed by atoms with van der Waals surface area (Å²) in [5.41, 5.74) is 0.573. The van der Waals surface area contributed by atoms with Crippen molar-refractivity contribution in [2.45, 2.75) is 6.61 Å². The summed E-state index contributed by atoms with van der Waals surface area (Å²) < 4.78 is 32.3. The second-order valence-electron chi connectivity index (χ2n) is 3.76. The minimum atomic E-state index is -0.640. The maximum Gasteiger partial charge on any atom is 0.144 e. The number of nitriles is 1. The highest BCUT2D eigenvalue weighted by Crippen LogP contribution is 2.23. The Labute approximate surface area is 117 Å². The molecule has 0 amide bonds. The largest absolute Gasteiger partial charge is 0.489 e. The summed E-state index contributed by atoms with van der Waals surface area (Å²) in [5.74, 6) is -0.738. The Morgan fingerprint density at radius 2 is 1.95 bits per heavy atom. The summed E-state index contributed by atoms with van der Waals surface area (Å²) in [4.78, 5) is 0. The quantitative estimate of drug-likeness (QED) is 0.849. The molecule has 2 aromatic carbocycles. The van der Waals surface area contributed by atoms with Crippen molar-refractivity contribution < 1.29 is 13.5 Å². The van der Waals surface area contributed by atoms with Crippen molar-refractivity contribution in [3.8, 4) is 11.8 Å². The average molecular weight is 324 g/mol. The van der Waals surface area contributed by atoms with Crippen molar-refractivity contribution >= 4 is 15.9 Å². The van der Waals surface area contributed by atoms with Gasteiger partial charge in [-0.15, -0.1) is 0 Å². The van der Waals surface area contributed by atoms with E-state index in [0.717, 1.165) is 6.07 Å². The Bertz CT molecular complexity index is 652. The topological polar surface area (TPSA) is 33.0 Å². The smallest absolute Gasteiger partial charge is 0.144 e. The van der Waals surface area contributed by atoms with Gasteiger partial charge in [-0.05, 0) is 34.1 Å². The molecular weight excluding hydrogens is 316 g/mol. The van der Waals surface area contributed by atoms with Gasteiger partial charge in [0.25, 0.3) is 0 Å². The predicted octanol–water partition coefficient (Wildman–Crippen LogP) is 4.18. The van der Waals surface area contributed by atoms with Gasteiger partial charge in [0, 0.05) is 11.6 Å². The zero-order chi connectivity index (χ0) is 13.8. The van der Waals surface area contributed by atoms with E-state index in [2.05, 4.69) is 15.9 Å². The third-order valence-corrected chi connectivity index (χ3v) is 3.37. The molecule has 0 saturated carbocycles. The summed E-state index contributed by atoms with van der Waals surface area (Å²) >= 11 is 3.12. The van der Waals surface area contributed by atoms with E-state index in [9.17, 15) is 8.78 Å². The molecule has 0 fully saturated rings. The first-order valence-electron chi connectivity index (χ1n) is 5.37. The molecule has 0 aliphatic carbocycles. The van der Waals surface area contributed by atoms with Gasteiger partial charge in [-0.25, -0.2) is 8.78 Å². The van der Waals surface area contributed by atoms with Gasteiger partial charge in [0.05, 0.1) is 10.0 Å². The van der Waals surface area contributed by atoms with Crippen LogP contribution in [0.25, 0.3) is 0 Å². The van der Waals surface area contributed by atoms with Crippen LogP contribution in [0.3, 0.4) is 0 Å². The van der Waals surface area contributed by atoms with Crippen molar-refractivity contribution in [2.75, 3.05) is 0 Å². The van der Waals surface area contributed by atoms with Crippen LogP contribution in [0.4, 0.5) is 8.78 Å². The number of hydrogen-bond donors (Lipinski definition) is 0. The molecule has 5 heteroatoms. The molecule has 2 nitrogen and oxygen atoms in total. The third kappa shape index (κ3) is 3.09. The lowest BCUT2D eigenvalue weighted by Gasteiger charge is -2.08. The number of ether oxygens (including phenoxy) is 1. The van der Waals surface area contributed by atoms with Gasteiger partial charge in [0.15, 0.2) is 0 Å². The molecule has 0 aliphatic heterocycles. The Morgan fingerprint density at radius 1 is 1.16 bits per heavy atom. The van der Waals surface area contributed by atoms with E-state index in [1.807, 2.05) is 0 Å². The number of nitrogens with zero attached hydrogens (tertiary/aromatic N) is 1. The normalized spacial score (nSPS) is 10.0. The minimum Gasteiger partial charge on any atom is -0.489 e. The Balaban J connectivity index is 2.13. The van der Waals surface area contributed by atoms with E-state index in [1.54, 1.807) is 18.2 Å². The Kier molecular flexibility index (Phi) is 4.13. The molecule has 2 rings (SSSR count). The second-order valence-corrected chi connectivity index (χ2v) is 4.55. The predicted molar refractivity (Wildman–Crippen MR) is 69.5 cm³/mol. The molecular formula is C14H8BrF2NO. The lowest BCUT2D eigenvalue weighted by atomic mass is 10.2. The van der Waals surface area contributed by atoms with E-state index < -0.39 is 5.82 Å². The summed E-state index contributed by atoms with van der Waals surface area (Å²) in [5, 5.41) is 8.61. The first kappa shape index (κ1) is 13.5. The number of rotatable bonds is 3. The van der Waals surface area contributed by atoms with Gasteiger partial charge < -0.3 is 4.74 Å². The average Bonchev–Trinajstić information content (AvgIpc) is 2.40. The third-order valence-electron chi connectivity index (χ3n) is 2.49. The molecule has 0 atom stereocenters. The number of halogens is 3. The highest BCUT2D eigenvalue weighted by Gasteiger charge is 2.07. The maximum atomic E-state index is 13.3. The molecule has 0 spiro atoms. The van der Waals surface area contributed by atoms with Crippen LogP contribution in [0.2, 0.25) is 0 Å². The van der Waals surface area contributed by atoms with Gasteiger partial charge in [-0.1, -0.05) is 12.1 Å². The van der Waals surface area contributed by atoms with Crippen LogP contribution in [0.5, 0.6) is 5.75 Å². The van der Waals surface area contributed by atoms with E-state index in [4.69, 9.17) is 10.00 Å². The van der Waals surface area contributed by atoms with E-state index in [-0.39, 0.29) is 23.7 Å². The van der Waals surface area contributed by atoms with Gasteiger partial charge in [0.2, 0.25) is 0 Å². The summed E-state index contributed by atoms with van der Waals surface area (Å²) in [7, 11) is 0. The van der Waals surface area contributed by atoms with Crippen molar-refractivity contribution in [3.63, 3.8) is 0 Å². The number of benzene rings is 2. The second kappa shape index (κ2) is 5.81. The maximum absolute atomic E-state index is 13.3. The van der Waals surface area contributed by atoms with Crippen LogP contribution in [0.1, 0.15) is 11.1 Å². The van der Waals surface area contributed by atoms with E-state index >= 15 is 0 Å². The standard InChI is InChI=1S/C14H8BrF2NO/c15-14-10(2-1-3-12(14)16)8-19-11-5-4-9(7-18)13(17)6-11/h1-6H,8H2. The summed E-state index contributed by atoms with van der Waals surface area (Å²) in [6.07, 6.45) is 0. The van der Waals surface area contributed by atoms with Crippen LogP contribution in [-0.4, -0.2) is 0 Å². The van der Waals surface area contributed by atoms with Crippen molar-refractivity contribution in [2.24, 2.45) is 0 Å². The fourth-order valence-electron chi connectivity index (χ4n) is 1.50. The Hall–Kier alpha value is -1.93. The molecule has 0 aliphatic rings. The lowest BCUT2D eigenvalue weighted by molar-refractivity contribution is 0.303. The molecule has 0 N–H and O–H groups in total. The van der Waals surface area contributed by atoms with Crippen LogP contribution in [0, 0.1) is 23.0 Å². The monoisotopic (exact) mass is 323 g/mol. The fraction of sp³-hybridized carbons (Fsp3) is 0.0714. The van der Waals surface area contributed by atoms with Crippen molar-refractivity contribution in [1.29, 1.82) is 5.26 Å². The molecule has 0 heterocycles. The van der Waals surface area contributed by atoms with Gasteiger partial charge in [0.1, 0.15) is 30.1 Å². The zero-order valence-corrected chi connectivity index (χ0v) is 11.2. The molecule has 0 bridgehead atoms. The van der Waals surface area contributed by atoms with Crippen LogP contribution >= 0.6 is 15.9 Å². The van der Waals surface area contributed by atoms with Crippen molar-refractivity contribution in [1.82, 2.24) is 0 Å². The minimum absolute atomic E-state index is 0.0423. The first-order chi connectivity index (χ1) is 9.11. The van der Waals surface area contributed by atoms with Gasteiger partial charge in [-0.2, -0.15) is 5.26 Å². The van der Waals surface area contributed by atoms with Crippen LogP contribution < -0.4 is 4.74 Å². The summed E-state index contributed by atoms with van der Waals surface area (Å²) in [6, 6.07) is 10.3. The number of hydrogen-bond acceptors (Lipinski definition) is 2. The van der Waals surface area contributed by atoms with Crippen molar-refractivity contribution in [3.05, 3.63) is 63.6 Å². The molecule has 96 valence electrons. The molecule has 0 aromatic heterocycles. The molecule has 0 radical (unpaired) electrons. The highest BCUT2D eigenvalue weighted by molar-refractivity contribution is 9.10. The van der Waals surface area contributed by atoms with Crippen LogP contribution in [0.15, 0.2) is 40.9 Å². The van der Waals surface area contributed by atoms with E-state index in [1.165, 1.54) is 18.2 Å². The fourth-order valence-corrected chi connectivity index (χ4v) is 1.88. The first-order valence-corrected chi connectivity index (χ1v) is 6.16. The van der Waals surface area contributed by atoms with Gasteiger partial charge >= 0.3 is 0 Å². The molecule has 0 saturated heterocycles. The highest BCUT2D eigenvalue weighted by atomic mass is 79.9. The molecule has 2 aromatic rings. The molecule has 0 unspecified atom stereocenters.